The van der Waals surface area contributed by atoms with Crippen molar-refractivity contribution in [1.29, 1.82) is 0 Å². The molecular weight excluding hydrogens is 244 g/mol. The van der Waals surface area contributed by atoms with Crippen molar-refractivity contribution in [2.75, 3.05) is 20.1 Å². The fourth-order valence-electron chi connectivity index (χ4n) is 2.51. The van der Waals surface area contributed by atoms with E-state index < -0.39 is 0 Å². The number of hydrogen-bond acceptors (Lipinski definition) is 2. The number of aryl methyl sites for hydroxylation is 1. The molecule has 20 heavy (non-hydrogen) atoms. The Kier molecular flexibility index (Phi) is 7.86. The molecule has 0 fully saturated rings. The number of unbranched alkanes of at least 4 members (excludes halogenated alkanes) is 1. The second-order valence-corrected chi connectivity index (χ2v) is 5.92. The summed E-state index contributed by atoms with van der Waals surface area (Å²) in [6.07, 6.45) is 3.71. The summed E-state index contributed by atoms with van der Waals surface area (Å²) in [6, 6.07) is 9.90. The molecule has 0 aromatic heterocycles. The van der Waals surface area contributed by atoms with Crippen LogP contribution in [0.1, 0.15) is 57.2 Å². The van der Waals surface area contributed by atoms with E-state index in [2.05, 4.69) is 69.2 Å². The van der Waals surface area contributed by atoms with Gasteiger partial charge in [0.1, 0.15) is 0 Å². The predicted octanol–water partition coefficient (Wildman–Crippen LogP) is 4.16. The van der Waals surface area contributed by atoms with Crippen LogP contribution in [0.3, 0.4) is 0 Å². The maximum absolute atomic E-state index is 3.72. The van der Waals surface area contributed by atoms with Crippen molar-refractivity contribution < 1.29 is 0 Å². The average molecular weight is 276 g/mol. The maximum Gasteiger partial charge on any atom is 0.0475 e. The van der Waals surface area contributed by atoms with Crippen LogP contribution >= 0.6 is 0 Å². The molecule has 0 aliphatic rings. The highest BCUT2D eigenvalue weighted by molar-refractivity contribution is 5.25. The van der Waals surface area contributed by atoms with Crippen LogP contribution in [0.15, 0.2) is 24.3 Å². The zero-order valence-corrected chi connectivity index (χ0v) is 13.9. The molecule has 1 aromatic carbocycles. The van der Waals surface area contributed by atoms with Gasteiger partial charge in [-0.05, 0) is 52.4 Å². The minimum absolute atomic E-state index is 0.414. The van der Waals surface area contributed by atoms with Crippen molar-refractivity contribution in [1.82, 2.24) is 10.2 Å². The molecule has 114 valence electrons. The fourth-order valence-corrected chi connectivity index (χ4v) is 2.51. The van der Waals surface area contributed by atoms with E-state index in [0.29, 0.717) is 12.1 Å². The Hall–Kier alpha value is -0.860. The van der Waals surface area contributed by atoms with Crippen LogP contribution in [-0.4, -0.2) is 31.1 Å². The lowest BCUT2D eigenvalue weighted by atomic mass is 9.98. The number of nitrogens with zero attached hydrogens (tertiary/aromatic N) is 1. The van der Waals surface area contributed by atoms with E-state index in [1.807, 2.05) is 0 Å². The molecule has 2 nitrogen and oxygen atoms in total. The van der Waals surface area contributed by atoms with Crippen molar-refractivity contribution in [3.8, 4) is 0 Å². The van der Waals surface area contributed by atoms with Gasteiger partial charge >= 0.3 is 0 Å². The summed E-state index contributed by atoms with van der Waals surface area (Å²) in [5.41, 5.74) is 2.73. The average Bonchev–Trinajstić information content (AvgIpc) is 2.46. The third-order valence-electron chi connectivity index (χ3n) is 4.09. The van der Waals surface area contributed by atoms with Crippen LogP contribution in [0.5, 0.6) is 0 Å². The second-order valence-electron chi connectivity index (χ2n) is 5.92. The smallest absolute Gasteiger partial charge is 0.0475 e. The minimum Gasteiger partial charge on any atom is -0.309 e. The highest BCUT2D eigenvalue weighted by atomic mass is 15.2. The van der Waals surface area contributed by atoms with Crippen LogP contribution in [0.25, 0.3) is 0 Å². The van der Waals surface area contributed by atoms with Gasteiger partial charge < -0.3 is 10.2 Å². The number of rotatable bonds is 9. The highest BCUT2D eigenvalue weighted by Crippen LogP contribution is 2.21. The summed E-state index contributed by atoms with van der Waals surface area (Å²) in [6.45, 7) is 11.2. The molecule has 0 aliphatic heterocycles. The van der Waals surface area contributed by atoms with Crippen LogP contribution in [0, 0.1) is 6.92 Å². The first-order valence-electron chi connectivity index (χ1n) is 8.10. The first kappa shape index (κ1) is 17.2. The Bertz CT molecular complexity index is 358. The Labute approximate surface area is 125 Å². The third kappa shape index (κ3) is 5.26. The molecule has 0 saturated carbocycles. The van der Waals surface area contributed by atoms with E-state index in [1.165, 1.54) is 36.9 Å². The molecule has 0 amide bonds. The SMILES string of the molecule is CCCCN(C)C(C)C(NCCC)c1ccc(C)cc1. The summed E-state index contributed by atoms with van der Waals surface area (Å²) in [5.74, 6) is 0. The van der Waals surface area contributed by atoms with E-state index in [4.69, 9.17) is 0 Å². The van der Waals surface area contributed by atoms with Gasteiger partial charge in [0.05, 0.1) is 0 Å². The fraction of sp³-hybridized carbons (Fsp3) is 0.667. The minimum atomic E-state index is 0.414. The Morgan fingerprint density at radius 3 is 2.30 bits per heavy atom. The molecule has 2 heteroatoms. The van der Waals surface area contributed by atoms with Crippen LogP contribution in [0.4, 0.5) is 0 Å². The number of nitrogens with one attached hydrogen (secondary N) is 1. The molecule has 1 rings (SSSR count). The first-order valence-corrected chi connectivity index (χ1v) is 8.10. The molecule has 2 atom stereocenters. The topological polar surface area (TPSA) is 15.3 Å². The van der Waals surface area contributed by atoms with Gasteiger partial charge in [0.25, 0.3) is 0 Å². The summed E-state index contributed by atoms with van der Waals surface area (Å²) >= 11 is 0. The van der Waals surface area contributed by atoms with Crippen LogP contribution in [-0.2, 0) is 0 Å². The summed E-state index contributed by atoms with van der Waals surface area (Å²) in [7, 11) is 2.25. The van der Waals surface area contributed by atoms with E-state index in [-0.39, 0.29) is 0 Å². The largest absolute Gasteiger partial charge is 0.309 e. The van der Waals surface area contributed by atoms with E-state index in [1.54, 1.807) is 0 Å². The van der Waals surface area contributed by atoms with Crippen LogP contribution < -0.4 is 5.32 Å². The van der Waals surface area contributed by atoms with Crippen molar-refractivity contribution in [3.05, 3.63) is 35.4 Å². The molecule has 0 aliphatic carbocycles. The number of benzene rings is 1. The zero-order valence-electron chi connectivity index (χ0n) is 13.9. The van der Waals surface area contributed by atoms with Gasteiger partial charge in [0.15, 0.2) is 0 Å². The molecule has 2 unspecified atom stereocenters. The standard InChI is InChI=1S/C18H32N2/c1-6-8-14-20(5)16(4)18(19-13-7-2)17-11-9-15(3)10-12-17/h9-12,16,18-19H,6-8,13-14H2,1-5H3. The Morgan fingerprint density at radius 2 is 1.75 bits per heavy atom. The Balaban J connectivity index is 2.79. The van der Waals surface area contributed by atoms with Gasteiger partial charge in [-0.2, -0.15) is 0 Å². The Morgan fingerprint density at radius 1 is 1.10 bits per heavy atom. The third-order valence-corrected chi connectivity index (χ3v) is 4.09. The van der Waals surface area contributed by atoms with E-state index in [9.17, 15) is 0 Å². The van der Waals surface area contributed by atoms with Crippen molar-refractivity contribution in [2.24, 2.45) is 0 Å². The molecular formula is C18H32N2. The molecule has 0 saturated heterocycles. The van der Waals surface area contributed by atoms with Crippen molar-refractivity contribution in [2.45, 2.75) is 59.0 Å². The molecule has 0 radical (unpaired) electrons. The predicted molar refractivity (Wildman–Crippen MR) is 89.2 cm³/mol. The van der Waals surface area contributed by atoms with Gasteiger partial charge in [-0.3, -0.25) is 0 Å². The van der Waals surface area contributed by atoms with Crippen LogP contribution in [0.2, 0.25) is 0 Å². The molecule has 1 aromatic rings. The first-order chi connectivity index (χ1) is 9.60. The lowest BCUT2D eigenvalue weighted by Crippen LogP contribution is -2.41. The van der Waals surface area contributed by atoms with Gasteiger partial charge in [0.2, 0.25) is 0 Å². The number of likely N-dealkylation sites (N-methyl/N-ethyl adjacent to an activating group) is 1. The molecule has 1 N–H and O–H groups in total. The summed E-state index contributed by atoms with van der Waals surface area (Å²) < 4.78 is 0. The summed E-state index contributed by atoms with van der Waals surface area (Å²) in [5, 5.41) is 3.72. The normalized spacial score (nSPS) is 14.5. The quantitative estimate of drug-likeness (QED) is 0.728. The van der Waals surface area contributed by atoms with Gasteiger partial charge in [-0.25, -0.2) is 0 Å². The monoisotopic (exact) mass is 276 g/mol. The maximum atomic E-state index is 3.72. The lowest BCUT2D eigenvalue weighted by Gasteiger charge is -2.33. The molecule has 0 heterocycles. The number of hydrogen-bond donors (Lipinski definition) is 1. The molecule has 0 bridgehead atoms. The highest BCUT2D eigenvalue weighted by Gasteiger charge is 2.21. The van der Waals surface area contributed by atoms with E-state index in [0.717, 1.165) is 6.54 Å². The van der Waals surface area contributed by atoms with Gasteiger partial charge in [0, 0.05) is 12.1 Å². The van der Waals surface area contributed by atoms with E-state index >= 15 is 0 Å². The summed E-state index contributed by atoms with van der Waals surface area (Å²) in [4.78, 5) is 2.48. The van der Waals surface area contributed by atoms with Gasteiger partial charge in [-0.1, -0.05) is 50.1 Å². The zero-order chi connectivity index (χ0) is 15.0. The van der Waals surface area contributed by atoms with Crippen molar-refractivity contribution in [3.63, 3.8) is 0 Å². The lowest BCUT2D eigenvalue weighted by molar-refractivity contribution is 0.204. The molecule has 0 spiro atoms. The van der Waals surface area contributed by atoms with Crippen molar-refractivity contribution >= 4 is 0 Å². The van der Waals surface area contributed by atoms with Gasteiger partial charge in [-0.15, -0.1) is 0 Å². The second kappa shape index (κ2) is 9.15.